The fraction of sp³-hybridized carbons (Fsp3) is 0. The third-order valence-electron chi connectivity index (χ3n) is 9.63. The van der Waals surface area contributed by atoms with Crippen molar-refractivity contribution in [3.05, 3.63) is 174 Å². The molecule has 0 bridgehead atoms. The van der Waals surface area contributed by atoms with Crippen molar-refractivity contribution in [2.45, 2.75) is 0 Å². The van der Waals surface area contributed by atoms with Gasteiger partial charge in [0.1, 0.15) is 0 Å². The predicted molar refractivity (Wildman–Crippen MR) is 202 cm³/mol. The van der Waals surface area contributed by atoms with Gasteiger partial charge in [-0.15, -0.1) is 0 Å². The molecule has 50 heavy (non-hydrogen) atoms. The molecule has 9 aromatic rings. The van der Waals surface area contributed by atoms with Gasteiger partial charge in [0.25, 0.3) is 0 Å². The lowest BCUT2D eigenvalue weighted by Gasteiger charge is -2.16. The molecule has 0 saturated heterocycles. The number of para-hydroxylation sites is 4. The summed E-state index contributed by atoms with van der Waals surface area (Å²) in [4.78, 5) is 3.88. The first-order valence-corrected chi connectivity index (χ1v) is 16.3. The van der Waals surface area contributed by atoms with Crippen LogP contribution in [0.1, 0.15) is 11.1 Å². The van der Waals surface area contributed by atoms with Crippen LogP contribution in [0, 0.1) is 29.2 Å². The third-order valence-corrected chi connectivity index (χ3v) is 9.63. The zero-order valence-electron chi connectivity index (χ0n) is 26.7. The first kappa shape index (κ1) is 28.8. The lowest BCUT2D eigenvalue weighted by molar-refractivity contribution is 1.18. The molecule has 0 aliphatic carbocycles. The van der Waals surface area contributed by atoms with Crippen LogP contribution >= 0.6 is 0 Å². The van der Waals surface area contributed by atoms with Crippen LogP contribution in [0.15, 0.2) is 152 Å². The molecule has 0 aliphatic heterocycles. The van der Waals surface area contributed by atoms with E-state index in [1.807, 2.05) is 60.7 Å². The van der Waals surface area contributed by atoms with E-state index in [2.05, 4.69) is 117 Å². The fourth-order valence-corrected chi connectivity index (χ4v) is 7.41. The van der Waals surface area contributed by atoms with Crippen molar-refractivity contribution < 1.29 is 0 Å². The minimum absolute atomic E-state index is 0.550. The minimum atomic E-state index is 0.550. The van der Waals surface area contributed by atoms with E-state index in [9.17, 15) is 10.5 Å². The Labute approximate surface area is 288 Å². The number of hydrogen-bond acceptors (Lipinski definition) is 2. The van der Waals surface area contributed by atoms with Gasteiger partial charge in [-0.2, -0.15) is 10.5 Å². The van der Waals surface area contributed by atoms with E-state index in [1.165, 1.54) is 10.8 Å². The molecular formula is C45H25N5. The fourth-order valence-electron chi connectivity index (χ4n) is 7.41. The van der Waals surface area contributed by atoms with Crippen LogP contribution in [0.5, 0.6) is 0 Å². The largest absolute Gasteiger partial charge is 0.318 e. The molecule has 0 radical (unpaired) electrons. The average molecular weight is 636 g/mol. The predicted octanol–water partition coefficient (Wildman–Crippen LogP) is 11.5. The summed E-state index contributed by atoms with van der Waals surface area (Å²) in [5.41, 5.74) is 11.5. The van der Waals surface area contributed by atoms with E-state index in [1.54, 1.807) is 0 Å². The number of benzene rings is 7. The van der Waals surface area contributed by atoms with Crippen molar-refractivity contribution in [2.24, 2.45) is 0 Å². The lowest BCUT2D eigenvalue weighted by Crippen LogP contribution is -1.98. The summed E-state index contributed by atoms with van der Waals surface area (Å²) in [5, 5.41) is 24.1. The normalized spacial score (nSPS) is 11.1. The van der Waals surface area contributed by atoms with Gasteiger partial charge in [0.15, 0.2) is 0 Å². The topological polar surface area (TPSA) is 61.8 Å². The Morgan fingerprint density at radius 3 is 1.84 bits per heavy atom. The smallest absolute Gasteiger partial charge is 0.211 e. The SMILES string of the molecule is [C-]#[N+]c1cccc2c3cc(C#N)ccc3n(-c3ccccc3-c3ccc(-c4cc(-n5c6ccccc6c6ccccc65)ccc4C#N)cc3)c12. The van der Waals surface area contributed by atoms with Crippen molar-refractivity contribution in [2.75, 3.05) is 0 Å². The Kier molecular flexibility index (Phi) is 6.56. The molecule has 0 saturated carbocycles. The Morgan fingerprint density at radius 1 is 0.500 bits per heavy atom. The van der Waals surface area contributed by atoms with Crippen molar-refractivity contribution in [1.29, 1.82) is 10.5 Å². The molecule has 0 fully saturated rings. The van der Waals surface area contributed by atoms with Crippen LogP contribution in [0.3, 0.4) is 0 Å². The maximum Gasteiger partial charge on any atom is 0.211 e. The second-order valence-corrected chi connectivity index (χ2v) is 12.3. The molecule has 0 amide bonds. The lowest BCUT2D eigenvalue weighted by atomic mass is 9.96. The highest BCUT2D eigenvalue weighted by atomic mass is 15.0. The summed E-state index contributed by atoms with van der Waals surface area (Å²) in [6.07, 6.45) is 0. The van der Waals surface area contributed by atoms with E-state index < -0.39 is 0 Å². The van der Waals surface area contributed by atoms with Crippen LogP contribution < -0.4 is 0 Å². The standard InChI is InChI=1S/C45H25N5/c1-48-40-13-8-12-37-39-25-29(27-46)17-24-44(39)50(45(37)40)41-14-5-2-9-34(41)30-18-20-31(21-19-30)38-26-33(23-22-32(38)28-47)49-42-15-6-3-10-35(42)36-11-4-7-16-43(36)49/h2-26H. The Morgan fingerprint density at radius 2 is 1.14 bits per heavy atom. The maximum atomic E-state index is 10.2. The van der Waals surface area contributed by atoms with E-state index in [4.69, 9.17) is 6.57 Å². The van der Waals surface area contributed by atoms with Crippen LogP contribution in [-0.4, -0.2) is 9.13 Å². The number of nitriles is 2. The zero-order valence-corrected chi connectivity index (χ0v) is 26.7. The molecule has 0 spiro atoms. The highest BCUT2D eigenvalue weighted by Crippen LogP contribution is 2.41. The average Bonchev–Trinajstić information content (AvgIpc) is 3.70. The van der Waals surface area contributed by atoms with Crippen molar-refractivity contribution in [1.82, 2.24) is 9.13 Å². The Bertz CT molecular complexity index is 2900. The monoisotopic (exact) mass is 635 g/mol. The second kappa shape index (κ2) is 11.4. The van der Waals surface area contributed by atoms with Gasteiger partial charge in [0.2, 0.25) is 5.69 Å². The molecule has 0 aliphatic rings. The van der Waals surface area contributed by atoms with Crippen molar-refractivity contribution in [3.8, 4) is 45.8 Å². The first-order chi connectivity index (χ1) is 24.7. The van der Waals surface area contributed by atoms with E-state index in [0.717, 1.165) is 66.5 Å². The molecule has 0 atom stereocenters. The first-order valence-electron chi connectivity index (χ1n) is 16.3. The minimum Gasteiger partial charge on any atom is -0.318 e. The highest BCUT2D eigenvalue weighted by Gasteiger charge is 2.19. The molecule has 5 heteroatoms. The number of hydrogen-bond donors (Lipinski definition) is 0. The zero-order chi connectivity index (χ0) is 33.8. The maximum absolute atomic E-state index is 10.2. The molecule has 2 aromatic heterocycles. The number of fused-ring (bicyclic) bond motifs is 6. The van der Waals surface area contributed by atoms with Gasteiger partial charge in [0.05, 0.1) is 57.6 Å². The van der Waals surface area contributed by atoms with Crippen LogP contribution in [0.2, 0.25) is 0 Å². The summed E-state index contributed by atoms with van der Waals surface area (Å²) >= 11 is 0. The van der Waals surface area contributed by atoms with Crippen molar-refractivity contribution in [3.63, 3.8) is 0 Å². The summed E-state index contributed by atoms with van der Waals surface area (Å²) in [7, 11) is 0. The number of rotatable bonds is 4. The summed E-state index contributed by atoms with van der Waals surface area (Å²) in [6, 6.07) is 55.5. The van der Waals surface area contributed by atoms with Gasteiger partial charge in [-0.3, -0.25) is 0 Å². The molecule has 5 nitrogen and oxygen atoms in total. The van der Waals surface area contributed by atoms with Crippen LogP contribution in [0.25, 0.3) is 82.1 Å². The molecule has 2 heterocycles. The molecule has 9 rings (SSSR count). The highest BCUT2D eigenvalue weighted by molar-refractivity contribution is 6.14. The molecule has 230 valence electrons. The number of aromatic nitrogens is 2. The Hall–Kier alpha value is -7.39. The van der Waals surface area contributed by atoms with E-state index in [0.29, 0.717) is 16.8 Å². The van der Waals surface area contributed by atoms with Gasteiger partial charge < -0.3 is 9.13 Å². The molecule has 0 N–H and O–H groups in total. The van der Waals surface area contributed by atoms with Crippen molar-refractivity contribution >= 4 is 49.3 Å². The van der Waals surface area contributed by atoms with Gasteiger partial charge in [-0.1, -0.05) is 97.1 Å². The van der Waals surface area contributed by atoms with E-state index in [-0.39, 0.29) is 0 Å². The third kappa shape index (κ3) is 4.31. The Balaban J connectivity index is 1.19. The molecular weight excluding hydrogens is 611 g/mol. The summed E-state index contributed by atoms with van der Waals surface area (Å²) in [6.45, 7) is 7.97. The van der Waals surface area contributed by atoms with E-state index >= 15 is 0 Å². The molecule has 0 unspecified atom stereocenters. The quantitative estimate of drug-likeness (QED) is 0.181. The van der Waals surface area contributed by atoms with Gasteiger partial charge in [-0.25, -0.2) is 4.85 Å². The summed E-state index contributed by atoms with van der Waals surface area (Å²) < 4.78 is 4.41. The van der Waals surface area contributed by atoms with Gasteiger partial charge in [0, 0.05) is 33.0 Å². The van der Waals surface area contributed by atoms with Gasteiger partial charge >= 0.3 is 0 Å². The second-order valence-electron chi connectivity index (χ2n) is 12.3. The number of nitrogens with zero attached hydrogens (tertiary/aromatic N) is 5. The van der Waals surface area contributed by atoms with Crippen LogP contribution in [0.4, 0.5) is 5.69 Å². The molecule has 7 aromatic carbocycles. The van der Waals surface area contributed by atoms with Crippen LogP contribution in [-0.2, 0) is 0 Å². The van der Waals surface area contributed by atoms with Gasteiger partial charge in [-0.05, 0) is 71.1 Å². The summed E-state index contributed by atoms with van der Waals surface area (Å²) in [5.74, 6) is 0.